The van der Waals surface area contributed by atoms with Crippen LogP contribution in [-0.2, 0) is 20.9 Å². The van der Waals surface area contributed by atoms with E-state index in [9.17, 15) is 15.0 Å². The third-order valence-electron chi connectivity index (χ3n) is 11.2. The van der Waals surface area contributed by atoms with Crippen molar-refractivity contribution in [2.45, 2.75) is 69.3 Å². The van der Waals surface area contributed by atoms with E-state index in [-0.39, 0.29) is 63.1 Å². The number of ether oxygens (including phenoxy) is 4. The summed E-state index contributed by atoms with van der Waals surface area (Å²) >= 11 is 5.94. The topological polar surface area (TPSA) is 122 Å². The average Bonchev–Trinajstić information content (AvgIpc) is 4.02. The van der Waals surface area contributed by atoms with Gasteiger partial charge in [-0.15, -0.1) is 18.2 Å². The van der Waals surface area contributed by atoms with Crippen molar-refractivity contribution in [3.05, 3.63) is 84.0 Å². The van der Waals surface area contributed by atoms with Crippen LogP contribution in [0.15, 0.2) is 78.0 Å². The van der Waals surface area contributed by atoms with Gasteiger partial charge >= 0.3 is 6.09 Å². The maximum absolute atomic E-state index is 13.7. The zero-order valence-electron chi connectivity index (χ0n) is 31.5. The van der Waals surface area contributed by atoms with Crippen LogP contribution in [0.1, 0.15) is 62.0 Å². The molecule has 6 atom stereocenters. The monoisotopic (exact) mass is 765 g/mol. The molecule has 6 unspecified atom stereocenters. The van der Waals surface area contributed by atoms with Gasteiger partial charge in [-0.3, -0.25) is 4.90 Å². The number of allylic oxidation sites excluding steroid dienone is 1. The van der Waals surface area contributed by atoms with Crippen molar-refractivity contribution in [3.63, 3.8) is 0 Å². The zero-order chi connectivity index (χ0) is 37.9. The number of oxime groups is 1. The van der Waals surface area contributed by atoms with E-state index >= 15 is 0 Å². The molecular weight excluding hydrogens is 710 g/mol. The third-order valence-corrected chi connectivity index (χ3v) is 11.3. The van der Waals surface area contributed by atoms with Gasteiger partial charge < -0.3 is 38.9 Å². The number of amides is 1. The number of likely N-dealkylation sites (N-methyl/N-ethyl adjacent to an activating group) is 1. The van der Waals surface area contributed by atoms with Crippen LogP contribution in [-0.4, -0.2) is 109 Å². The van der Waals surface area contributed by atoms with Crippen LogP contribution in [0.2, 0.25) is 0 Å². The van der Waals surface area contributed by atoms with Gasteiger partial charge in [-0.1, -0.05) is 60.5 Å². The van der Waals surface area contributed by atoms with Crippen LogP contribution in [0.5, 0.6) is 11.5 Å². The number of fused-ring (bicyclic) bond motifs is 2. The first kappa shape index (κ1) is 40.1. The van der Waals surface area contributed by atoms with Crippen molar-refractivity contribution in [2.75, 3.05) is 65.6 Å². The number of alkyl halides is 1. The standard InChI is InChI=1S/C42H56ClN3O8/c1-3-23-52-42-38(45(2)41(49)51-24-17-43)28-36(44-53-29-30-11-5-4-6-12-30)34-26-31(13-7-9-21-47)33(14-8-10-22-48)39(40(34)42)35-27-32(15-16-37(35)54-42)50-25-20-46-18-19-46/h3-6,11-12,15-16,26-27,31,33,38-40,47-48H,1,7-10,13-14,17-25,28-29H2,2H3. The van der Waals surface area contributed by atoms with E-state index in [2.05, 4.69) is 23.6 Å². The van der Waals surface area contributed by atoms with Gasteiger partial charge in [-0.25, -0.2) is 4.79 Å². The van der Waals surface area contributed by atoms with Crippen molar-refractivity contribution in [1.29, 1.82) is 0 Å². The summed E-state index contributed by atoms with van der Waals surface area (Å²) in [4.78, 5) is 23.7. The number of halogens is 1. The Kier molecular flexibility index (Phi) is 14.3. The number of hydrogen-bond acceptors (Lipinski definition) is 10. The van der Waals surface area contributed by atoms with Gasteiger partial charge in [0.15, 0.2) is 0 Å². The minimum Gasteiger partial charge on any atom is -0.492 e. The Labute approximate surface area is 324 Å². The molecule has 0 radical (unpaired) electrons. The van der Waals surface area contributed by atoms with E-state index in [1.165, 1.54) is 0 Å². The minimum atomic E-state index is -1.35. The summed E-state index contributed by atoms with van der Waals surface area (Å²) in [5.74, 6) is -0.0380. The molecule has 4 aliphatic rings. The van der Waals surface area contributed by atoms with Crippen LogP contribution >= 0.6 is 11.6 Å². The molecular formula is C42H56ClN3O8. The SMILES string of the molecule is C=CCOC12Oc3ccc(OCCN4CC4)cc3C3C(CCCCO)C(CCCCO)C=C(C(=NOCc4ccccc4)CC1N(C)C(=O)OCCCl)C32. The molecule has 2 aromatic rings. The highest BCUT2D eigenvalue weighted by Gasteiger charge is 2.65. The molecule has 0 aromatic heterocycles. The molecule has 6 rings (SSSR count). The van der Waals surface area contributed by atoms with E-state index in [1.807, 2.05) is 42.5 Å². The lowest BCUT2D eigenvalue weighted by Gasteiger charge is -2.59. The first-order valence-electron chi connectivity index (χ1n) is 19.5. The zero-order valence-corrected chi connectivity index (χ0v) is 32.2. The fraction of sp³-hybridized carbons (Fsp3) is 0.571. The Hall–Kier alpha value is -3.61. The maximum atomic E-state index is 13.7. The van der Waals surface area contributed by atoms with Crippen molar-refractivity contribution in [1.82, 2.24) is 9.80 Å². The number of nitrogens with zero attached hydrogens (tertiary/aromatic N) is 3. The Morgan fingerprint density at radius 3 is 2.59 bits per heavy atom. The van der Waals surface area contributed by atoms with E-state index < -0.39 is 23.8 Å². The molecule has 2 N–H and O–H groups in total. The molecule has 2 aromatic carbocycles. The smallest absolute Gasteiger partial charge is 0.410 e. The van der Waals surface area contributed by atoms with Gasteiger partial charge in [0.2, 0.25) is 5.79 Å². The Balaban J connectivity index is 1.51. The molecule has 2 heterocycles. The van der Waals surface area contributed by atoms with Crippen LogP contribution in [0, 0.1) is 17.8 Å². The highest BCUT2D eigenvalue weighted by Crippen LogP contribution is 2.61. The lowest BCUT2D eigenvalue weighted by atomic mass is 9.55. The van der Waals surface area contributed by atoms with Crippen LogP contribution in [0.4, 0.5) is 4.79 Å². The first-order valence-corrected chi connectivity index (χ1v) is 20.0. The normalized spacial score (nSPS) is 26.2. The third kappa shape index (κ3) is 9.25. The van der Waals surface area contributed by atoms with Crippen molar-refractivity contribution in [3.8, 4) is 11.5 Å². The predicted octanol–water partition coefficient (Wildman–Crippen LogP) is 6.52. The molecule has 2 aliphatic carbocycles. The molecule has 294 valence electrons. The molecule has 1 saturated heterocycles. The summed E-state index contributed by atoms with van der Waals surface area (Å²) in [6.07, 6.45) is 8.57. The second-order valence-corrected chi connectivity index (χ2v) is 15.0. The summed E-state index contributed by atoms with van der Waals surface area (Å²) in [7, 11) is 1.71. The first-order chi connectivity index (χ1) is 26.4. The number of unbranched alkanes of at least 4 members (excludes halogenated alkanes) is 2. The highest BCUT2D eigenvalue weighted by molar-refractivity contribution is 6.18. The lowest BCUT2D eigenvalue weighted by molar-refractivity contribution is -0.253. The van der Waals surface area contributed by atoms with Crippen molar-refractivity contribution in [2.24, 2.45) is 22.9 Å². The van der Waals surface area contributed by atoms with Gasteiger partial charge in [-0.2, -0.15) is 0 Å². The van der Waals surface area contributed by atoms with E-state index in [4.69, 9.17) is 40.5 Å². The van der Waals surface area contributed by atoms with Crippen molar-refractivity contribution < 1.29 is 38.8 Å². The van der Waals surface area contributed by atoms with E-state index in [1.54, 1.807) is 18.0 Å². The molecule has 2 fully saturated rings. The molecule has 1 saturated carbocycles. The largest absolute Gasteiger partial charge is 0.492 e. The molecule has 0 bridgehead atoms. The summed E-state index contributed by atoms with van der Waals surface area (Å²) in [5, 5.41) is 24.5. The van der Waals surface area contributed by atoms with E-state index in [0.717, 1.165) is 73.5 Å². The maximum Gasteiger partial charge on any atom is 0.410 e. The molecule has 0 spiro atoms. The number of benzene rings is 2. The molecule has 11 nitrogen and oxygen atoms in total. The Bertz CT molecular complexity index is 1600. The van der Waals surface area contributed by atoms with Gasteiger partial charge in [0.05, 0.1) is 24.1 Å². The lowest BCUT2D eigenvalue weighted by Crippen LogP contribution is -2.69. The van der Waals surface area contributed by atoms with E-state index in [0.29, 0.717) is 25.2 Å². The van der Waals surface area contributed by atoms with Crippen molar-refractivity contribution >= 4 is 23.4 Å². The second-order valence-electron chi connectivity index (χ2n) is 14.6. The van der Waals surface area contributed by atoms with Gasteiger partial charge in [-0.05, 0) is 66.9 Å². The molecule has 2 aliphatic heterocycles. The highest BCUT2D eigenvalue weighted by atomic mass is 35.5. The number of aliphatic hydroxyl groups is 2. The number of aliphatic hydroxyl groups excluding tert-OH is 2. The van der Waals surface area contributed by atoms with Crippen LogP contribution in [0.25, 0.3) is 0 Å². The predicted molar refractivity (Wildman–Crippen MR) is 208 cm³/mol. The van der Waals surface area contributed by atoms with Crippen LogP contribution < -0.4 is 9.47 Å². The Morgan fingerprint density at radius 2 is 1.87 bits per heavy atom. The number of hydrogen-bond donors (Lipinski definition) is 2. The Morgan fingerprint density at radius 1 is 1.09 bits per heavy atom. The molecule has 1 amide bonds. The second kappa shape index (κ2) is 19.3. The summed E-state index contributed by atoms with van der Waals surface area (Å²) < 4.78 is 26.0. The van der Waals surface area contributed by atoms with Crippen LogP contribution in [0.3, 0.4) is 0 Å². The average molecular weight is 766 g/mol. The minimum absolute atomic E-state index is 0.0585. The quantitative estimate of drug-likeness (QED) is 0.0481. The fourth-order valence-corrected chi connectivity index (χ4v) is 8.60. The van der Waals surface area contributed by atoms with Gasteiger partial charge in [0.1, 0.15) is 37.4 Å². The van der Waals surface area contributed by atoms with Gasteiger partial charge in [0.25, 0.3) is 0 Å². The molecule has 54 heavy (non-hydrogen) atoms. The number of carbonyl (C=O) groups excluding carboxylic acids is 1. The summed E-state index contributed by atoms with van der Waals surface area (Å²) in [6, 6.07) is 15.3. The number of carbonyl (C=O) groups is 1. The van der Waals surface area contributed by atoms with Gasteiger partial charge in [0, 0.05) is 57.8 Å². The summed E-state index contributed by atoms with van der Waals surface area (Å²) in [5.41, 5.74) is 3.70. The fourth-order valence-electron chi connectivity index (χ4n) is 8.52. The molecule has 12 heteroatoms. The summed E-state index contributed by atoms with van der Waals surface area (Å²) in [6.45, 7) is 8.41. The number of rotatable bonds is 21.